The van der Waals surface area contributed by atoms with Crippen molar-refractivity contribution in [2.75, 3.05) is 27.2 Å². The summed E-state index contributed by atoms with van der Waals surface area (Å²) in [4.78, 5) is 12.9. The monoisotopic (exact) mass is 204 g/mol. The van der Waals surface area contributed by atoms with Crippen LogP contribution >= 0.6 is 0 Å². The highest BCUT2D eigenvalue weighted by atomic mass is 16.6. The van der Waals surface area contributed by atoms with Gasteiger partial charge in [-0.1, -0.05) is 13.8 Å². The highest BCUT2D eigenvalue weighted by molar-refractivity contribution is 5.67. The van der Waals surface area contributed by atoms with Crippen molar-refractivity contribution in [2.24, 2.45) is 0 Å². The van der Waals surface area contributed by atoms with E-state index in [-0.39, 0.29) is 12.2 Å². The zero-order chi connectivity index (χ0) is 11.6. The first kappa shape index (κ1) is 15.7. The van der Waals surface area contributed by atoms with Crippen molar-refractivity contribution in [3.63, 3.8) is 0 Å². The van der Waals surface area contributed by atoms with Gasteiger partial charge >= 0.3 is 6.09 Å². The van der Waals surface area contributed by atoms with E-state index < -0.39 is 0 Å². The molecule has 0 aliphatic carbocycles. The van der Waals surface area contributed by atoms with E-state index in [9.17, 15) is 4.79 Å². The minimum atomic E-state index is -0.341. The molecule has 4 heteroatoms. The molecular formula is C10H24N2O2. The summed E-state index contributed by atoms with van der Waals surface area (Å²) >= 11 is 0. The Hall–Kier alpha value is -0.770. The molecule has 1 N–H and O–H groups in total. The maximum Gasteiger partial charge on any atom is 0.407 e. The van der Waals surface area contributed by atoms with E-state index in [1.165, 1.54) is 0 Å². The molecule has 0 aliphatic rings. The van der Waals surface area contributed by atoms with Gasteiger partial charge in [-0.3, -0.25) is 0 Å². The lowest BCUT2D eigenvalue weighted by Gasteiger charge is -2.11. The molecule has 0 unspecified atom stereocenters. The Kier molecular flexibility index (Phi) is 11.6. The third-order valence-electron chi connectivity index (χ3n) is 1.17. The van der Waals surface area contributed by atoms with Gasteiger partial charge in [0.1, 0.15) is 0 Å². The number of nitrogens with zero attached hydrogens (tertiary/aromatic N) is 1. The number of likely N-dealkylation sites (N-methyl/N-ethyl adjacent to an activating group) is 1. The van der Waals surface area contributed by atoms with Crippen molar-refractivity contribution in [1.29, 1.82) is 0 Å². The van der Waals surface area contributed by atoms with E-state index in [0.29, 0.717) is 6.54 Å². The number of hydrogen-bond donors (Lipinski definition) is 1. The fourth-order valence-electron chi connectivity index (χ4n) is 0.637. The predicted octanol–water partition coefficient (Wildman–Crippen LogP) is 1.71. The third kappa shape index (κ3) is 13.8. The van der Waals surface area contributed by atoms with E-state index in [1.54, 1.807) is 0 Å². The Morgan fingerprint density at radius 2 is 1.86 bits per heavy atom. The number of hydrogen-bond acceptors (Lipinski definition) is 3. The van der Waals surface area contributed by atoms with Crippen molar-refractivity contribution >= 4 is 6.09 Å². The summed E-state index contributed by atoms with van der Waals surface area (Å²) in [7, 11) is 3.91. The van der Waals surface area contributed by atoms with E-state index in [2.05, 4.69) is 5.32 Å². The first-order valence-corrected chi connectivity index (χ1v) is 5.11. The van der Waals surface area contributed by atoms with Crippen LogP contribution in [0.1, 0.15) is 27.7 Å². The molecule has 0 rings (SSSR count). The van der Waals surface area contributed by atoms with Crippen molar-refractivity contribution < 1.29 is 9.53 Å². The third-order valence-corrected chi connectivity index (χ3v) is 1.17. The standard InChI is InChI=1S/C8H18N2O2.C2H6/c1-7(2)12-8(11)9-5-6-10(3)4;1-2/h7H,5-6H2,1-4H3,(H,9,11);1-2H3. The lowest BCUT2D eigenvalue weighted by Crippen LogP contribution is -2.32. The summed E-state index contributed by atoms with van der Waals surface area (Å²) in [5.74, 6) is 0. The number of rotatable bonds is 4. The Balaban J connectivity index is 0. The Labute approximate surface area is 87.6 Å². The molecule has 1 amide bonds. The van der Waals surface area contributed by atoms with Crippen LogP contribution in [0.4, 0.5) is 4.79 Å². The second-order valence-electron chi connectivity index (χ2n) is 3.18. The average molecular weight is 204 g/mol. The fraction of sp³-hybridized carbons (Fsp3) is 0.900. The second-order valence-corrected chi connectivity index (χ2v) is 3.18. The highest BCUT2D eigenvalue weighted by Gasteiger charge is 2.02. The molecule has 0 spiro atoms. The van der Waals surface area contributed by atoms with E-state index >= 15 is 0 Å². The quantitative estimate of drug-likeness (QED) is 0.758. The van der Waals surface area contributed by atoms with Gasteiger partial charge in [0.05, 0.1) is 6.10 Å². The molecule has 0 atom stereocenters. The molecule has 0 aromatic heterocycles. The topological polar surface area (TPSA) is 41.6 Å². The van der Waals surface area contributed by atoms with Gasteiger partial charge < -0.3 is 15.0 Å². The second kappa shape index (κ2) is 10.3. The lowest BCUT2D eigenvalue weighted by atomic mass is 10.5. The van der Waals surface area contributed by atoms with Gasteiger partial charge in [0.15, 0.2) is 0 Å². The van der Waals surface area contributed by atoms with Gasteiger partial charge in [-0.05, 0) is 27.9 Å². The maximum absolute atomic E-state index is 10.9. The van der Waals surface area contributed by atoms with Crippen molar-refractivity contribution in [3.8, 4) is 0 Å². The van der Waals surface area contributed by atoms with Crippen molar-refractivity contribution in [3.05, 3.63) is 0 Å². The Morgan fingerprint density at radius 3 is 2.21 bits per heavy atom. The molecular weight excluding hydrogens is 180 g/mol. The SMILES string of the molecule is CC.CC(C)OC(=O)NCCN(C)C. The number of nitrogens with one attached hydrogen (secondary N) is 1. The predicted molar refractivity (Wildman–Crippen MR) is 59.5 cm³/mol. The van der Waals surface area contributed by atoms with Crippen LogP contribution in [0, 0.1) is 0 Å². The van der Waals surface area contributed by atoms with Crippen molar-refractivity contribution in [2.45, 2.75) is 33.8 Å². The van der Waals surface area contributed by atoms with Crippen LogP contribution in [0.25, 0.3) is 0 Å². The van der Waals surface area contributed by atoms with Gasteiger partial charge in [-0.25, -0.2) is 4.79 Å². The molecule has 0 saturated heterocycles. The van der Waals surface area contributed by atoms with E-state index in [1.807, 2.05) is 46.7 Å². The number of carbonyl (C=O) groups excluding carboxylic acids is 1. The summed E-state index contributed by atoms with van der Waals surface area (Å²) in [6.07, 6.45) is -0.392. The summed E-state index contributed by atoms with van der Waals surface area (Å²) in [5, 5.41) is 2.64. The number of alkyl carbamates (subject to hydrolysis) is 1. The van der Waals surface area contributed by atoms with E-state index in [4.69, 9.17) is 4.74 Å². The van der Waals surface area contributed by atoms with Crippen LogP contribution in [-0.2, 0) is 4.74 Å². The number of carbonyl (C=O) groups is 1. The maximum atomic E-state index is 10.9. The molecule has 14 heavy (non-hydrogen) atoms. The first-order valence-electron chi connectivity index (χ1n) is 5.11. The van der Waals surface area contributed by atoms with Gasteiger partial charge in [0, 0.05) is 13.1 Å². The summed E-state index contributed by atoms with van der Waals surface area (Å²) in [6.45, 7) is 9.10. The molecule has 0 aromatic rings. The normalized spacial score (nSPS) is 9.43. The number of amides is 1. The molecule has 0 fully saturated rings. The van der Waals surface area contributed by atoms with Crippen LogP contribution in [0.5, 0.6) is 0 Å². The van der Waals surface area contributed by atoms with Crippen LogP contribution < -0.4 is 5.32 Å². The van der Waals surface area contributed by atoms with Crippen molar-refractivity contribution in [1.82, 2.24) is 10.2 Å². The summed E-state index contributed by atoms with van der Waals surface area (Å²) in [5.41, 5.74) is 0. The number of ether oxygens (including phenoxy) is 1. The molecule has 4 nitrogen and oxygen atoms in total. The zero-order valence-corrected chi connectivity index (χ0v) is 10.3. The summed E-state index contributed by atoms with van der Waals surface area (Å²) in [6, 6.07) is 0. The molecule has 0 bridgehead atoms. The molecule has 0 aromatic carbocycles. The highest BCUT2D eigenvalue weighted by Crippen LogP contribution is 1.87. The molecule has 0 saturated carbocycles. The van der Waals surface area contributed by atoms with Crippen LogP contribution in [0.15, 0.2) is 0 Å². The van der Waals surface area contributed by atoms with E-state index in [0.717, 1.165) is 6.54 Å². The minimum Gasteiger partial charge on any atom is -0.447 e. The average Bonchev–Trinajstić information content (AvgIpc) is 2.05. The smallest absolute Gasteiger partial charge is 0.407 e. The summed E-state index contributed by atoms with van der Waals surface area (Å²) < 4.78 is 4.86. The van der Waals surface area contributed by atoms with Gasteiger partial charge in [-0.15, -0.1) is 0 Å². The van der Waals surface area contributed by atoms with Crippen LogP contribution in [0.2, 0.25) is 0 Å². The Bertz CT molecular complexity index is 136. The Morgan fingerprint density at radius 1 is 1.36 bits per heavy atom. The first-order chi connectivity index (χ1) is 6.52. The molecule has 0 heterocycles. The lowest BCUT2D eigenvalue weighted by molar-refractivity contribution is 0.115. The zero-order valence-electron chi connectivity index (χ0n) is 10.3. The van der Waals surface area contributed by atoms with Crippen LogP contribution in [0.3, 0.4) is 0 Å². The van der Waals surface area contributed by atoms with Crippen LogP contribution in [-0.4, -0.2) is 44.3 Å². The minimum absolute atomic E-state index is 0.0515. The van der Waals surface area contributed by atoms with Gasteiger partial charge in [0.2, 0.25) is 0 Å². The molecule has 86 valence electrons. The van der Waals surface area contributed by atoms with Gasteiger partial charge in [0.25, 0.3) is 0 Å². The van der Waals surface area contributed by atoms with Gasteiger partial charge in [-0.2, -0.15) is 0 Å². The largest absolute Gasteiger partial charge is 0.447 e. The fourth-order valence-corrected chi connectivity index (χ4v) is 0.637. The molecule has 0 radical (unpaired) electrons. The molecule has 0 aliphatic heterocycles.